The normalized spacial score (nSPS) is 26.3. The number of hydrogen-bond acceptors (Lipinski definition) is 3. The molecular weight excluding hydrogens is 383 g/mol. The van der Waals surface area contributed by atoms with E-state index in [0.29, 0.717) is 0 Å². The number of hydrogen-bond donors (Lipinski definition) is 0. The Morgan fingerprint density at radius 2 is 1.29 bits per heavy atom. The molecule has 0 saturated carbocycles. The predicted molar refractivity (Wildman–Crippen MR) is 110 cm³/mol. The monoisotopic (exact) mass is 408 g/mol. The Morgan fingerprint density at radius 3 is 1.61 bits per heavy atom. The lowest BCUT2D eigenvalue weighted by Crippen LogP contribution is -2.84. The van der Waals surface area contributed by atoms with E-state index < -0.39 is 41.2 Å². The van der Waals surface area contributed by atoms with Crippen LogP contribution in [-0.2, 0) is 4.74 Å². The zero-order valence-corrected chi connectivity index (χ0v) is 17.7. The Morgan fingerprint density at radius 1 is 0.893 bits per heavy atom. The second-order valence-electron chi connectivity index (χ2n) is 9.42. The van der Waals surface area contributed by atoms with E-state index >= 15 is 0 Å². The van der Waals surface area contributed by atoms with Crippen LogP contribution in [0.3, 0.4) is 0 Å². The number of ether oxygens (including phenoxy) is 1. The molecule has 154 valence electrons. The number of halogens is 6. The van der Waals surface area contributed by atoms with Crippen molar-refractivity contribution in [1.29, 1.82) is 0 Å². The third-order valence-electron chi connectivity index (χ3n) is 5.79. The van der Waals surface area contributed by atoms with Gasteiger partial charge in [-0.05, 0) is 37.4 Å². The summed E-state index contributed by atoms with van der Waals surface area (Å²) >= 11 is 0. The van der Waals surface area contributed by atoms with Crippen LogP contribution < -0.4 is 0 Å². The van der Waals surface area contributed by atoms with Gasteiger partial charge in [-0.3, -0.25) is 0 Å². The van der Waals surface area contributed by atoms with Gasteiger partial charge in [0.2, 0.25) is 0 Å². The first kappa shape index (κ1) is 25.2. The first-order valence-corrected chi connectivity index (χ1v) is 9.00. The second-order valence-corrected chi connectivity index (χ2v) is 9.42. The molecule has 1 saturated heterocycles. The first-order chi connectivity index (χ1) is 12.1. The van der Waals surface area contributed by atoms with E-state index in [1.165, 1.54) is 0 Å². The van der Waals surface area contributed by atoms with Crippen molar-refractivity contribution in [3.63, 3.8) is 0 Å². The fraction of sp³-hybridized carbons (Fsp3) is 0.917. The molecule has 0 aromatic heterocycles. The minimum atomic E-state index is -5.75. The van der Waals surface area contributed by atoms with E-state index in [-0.39, 0.29) is 11.5 Å². The van der Waals surface area contributed by atoms with Gasteiger partial charge in [-0.25, -0.2) is 4.79 Å². The predicted octanol–water partition coefficient (Wildman–Crippen LogP) is -3.21. The Balaban J connectivity index is 3.39. The number of amides is 1. The van der Waals surface area contributed by atoms with Gasteiger partial charge in [0.05, 0.1) is 0 Å². The molecule has 0 spiro atoms. The van der Waals surface area contributed by atoms with Gasteiger partial charge in [-0.15, -0.1) is 0 Å². The largest absolute Gasteiger partial charge is 0.434 e. The minimum absolute atomic E-state index is 0.356. The lowest BCUT2D eigenvalue weighted by Gasteiger charge is -2.67. The molecule has 0 radical (unpaired) electrons. The van der Waals surface area contributed by atoms with Crippen LogP contribution in [0.15, 0.2) is 0 Å². The van der Waals surface area contributed by atoms with E-state index in [0.717, 1.165) is 4.90 Å². The lowest BCUT2D eigenvalue weighted by molar-refractivity contribution is -0.309. The highest BCUT2D eigenvalue weighted by atomic mass is 19.4. The SMILES string of the molecule is BC1N(C(C)(C)C)C(B)(B)C(B)N(C(=O)OC(C(F)(F)F)C(F)(F)F)C1(B)B. The van der Waals surface area contributed by atoms with Crippen molar-refractivity contribution in [3.05, 3.63) is 0 Å². The Kier molecular flexibility index (Phi) is 6.45. The molecule has 1 rings (SSSR count). The van der Waals surface area contributed by atoms with E-state index in [2.05, 4.69) is 9.64 Å². The maximum atomic E-state index is 12.9. The Hall–Kier alpha value is -0.800. The van der Waals surface area contributed by atoms with Crippen LogP contribution in [0.4, 0.5) is 31.1 Å². The van der Waals surface area contributed by atoms with E-state index in [1.807, 2.05) is 20.8 Å². The molecule has 2 unspecified atom stereocenters. The summed E-state index contributed by atoms with van der Waals surface area (Å²) in [5.41, 5.74) is -0.356. The molecule has 0 aromatic rings. The molecule has 0 bridgehead atoms. The molecule has 2 atom stereocenters. The summed E-state index contributed by atoms with van der Waals surface area (Å²) in [5, 5.41) is -1.82. The number of carbonyl (C=O) groups is 1. The molecule has 4 nitrogen and oxygen atoms in total. The van der Waals surface area contributed by atoms with Crippen molar-refractivity contribution in [1.82, 2.24) is 9.80 Å². The van der Waals surface area contributed by atoms with Gasteiger partial charge < -0.3 is 14.5 Å². The van der Waals surface area contributed by atoms with Crippen molar-refractivity contribution >= 4 is 53.2 Å². The molecule has 16 heteroatoms. The average molecular weight is 407 g/mol. The molecular formula is C12H24B6F6N2O2. The van der Waals surface area contributed by atoms with Crippen molar-refractivity contribution in [3.8, 4) is 0 Å². The number of alkyl halides is 6. The molecule has 1 fully saturated rings. The second kappa shape index (κ2) is 7.16. The maximum absolute atomic E-state index is 12.9. The standard InChI is InChI=1S/C12H24B6F6N2O2/c1-8(2,3)26-6(14)9(15,16)25(5(13)10(26,17)18)7(27)28-4(11(19,20)21)12(22,23)24/h4-6H,13-18H2,1-3H3. The summed E-state index contributed by atoms with van der Waals surface area (Å²) in [5.74, 6) is -1.09. The van der Waals surface area contributed by atoms with Crippen molar-refractivity contribution in [2.45, 2.75) is 67.3 Å². The van der Waals surface area contributed by atoms with Gasteiger partial charge >= 0.3 is 18.4 Å². The summed E-state index contributed by atoms with van der Waals surface area (Å²) in [6.07, 6.45) is -17.3. The molecule has 1 aliphatic heterocycles. The van der Waals surface area contributed by atoms with Crippen molar-refractivity contribution in [2.24, 2.45) is 0 Å². The zero-order chi connectivity index (χ0) is 22.7. The third kappa shape index (κ3) is 4.51. The van der Waals surface area contributed by atoms with Gasteiger partial charge in [-0.1, -0.05) is 0 Å². The number of nitrogens with zero attached hydrogens (tertiary/aromatic N) is 2. The quantitative estimate of drug-likeness (QED) is 0.339. The number of rotatable bonds is 1. The van der Waals surface area contributed by atoms with Gasteiger partial charge in [0.1, 0.15) is 47.1 Å². The number of piperazine rings is 1. The molecule has 1 heterocycles. The van der Waals surface area contributed by atoms with Gasteiger partial charge in [-0.2, -0.15) is 26.3 Å². The highest BCUT2D eigenvalue weighted by Crippen LogP contribution is 2.40. The van der Waals surface area contributed by atoms with Crippen LogP contribution in [0.5, 0.6) is 0 Å². The molecule has 0 aromatic carbocycles. The van der Waals surface area contributed by atoms with Crippen molar-refractivity contribution < 1.29 is 35.9 Å². The van der Waals surface area contributed by atoms with Crippen LogP contribution in [0, 0.1) is 0 Å². The van der Waals surface area contributed by atoms with Crippen LogP contribution in [0.1, 0.15) is 20.8 Å². The topological polar surface area (TPSA) is 32.8 Å². The zero-order valence-electron chi connectivity index (χ0n) is 17.7. The fourth-order valence-electron chi connectivity index (χ4n) is 4.35. The van der Waals surface area contributed by atoms with Crippen LogP contribution in [-0.4, -0.2) is 110 Å². The summed E-state index contributed by atoms with van der Waals surface area (Å²) in [7, 11) is 10.2. The van der Waals surface area contributed by atoms with E-state index in [4.69, 9.17) is 0 Å². The Labute approximate surface area is 166 Å². The maximum Gasteiger partial charge on any atom is 0.434 e. The number of carbonyl (C=O) groups excluding carboxylic acids is 1. The average Bonchev–Trinajstić information content (AvgIpc) is 2.38. The lowest BCUT2D eigenvalue weighted by atomic mass is 9.40. The van der Waals surface area contributed by atoms with Crippen LogP contribution in [0.25, 0.3) is 0 Å². The Bertz CT molecular complexity index is 595. The van der Waals surface area contributed by atoms with Crippen LogP contribution >= 0.6 is 0 Å². The van der Waals surface area contributed by atoms with E-state index in [9.17, 15) is 31.1 Å². The molecule has 28 heavy (non-hydrogen) atoms. The molecule has 0 aliphatic carbocycles. The molecule has 0 N–H and O–H groups in total. The highest BCUT2D eigenvalue weighted by Gasteiger charge is 2.62. The summed E-state index contributed by atoms with van der Waals surface area (Å²) in [4.78, 5) is 15.7. The fourth-order valence-corrected chi connectivity index (χ4v) is 4.35. The highest BCUT2D eigenvalue weighted by molar-refractivity contribution is 6.49. The van der Waals surface area contributed by atoms with Gasteiger partial charge in [0.15, 0.2) is 0 Å². The smallest absolute Gasteiger partial charge is 0.427 e. The van der Waals surface area contributed by atoms with E-state index in [1.54, 1.807) is 47.1 Å². The third-order valence-corrected chi connectivity index (χ3v) is 5.79. The summed E-state index contributed by atoms with van der Waals surface area (Å²) < 4.78 is 81.1. The van der Waals surface area contributed by atoms with Gasteiger partial charge in [0.25, 0.3) is 6.10 Å². The van der Waals surface area contributed by atoms with Crippen molar-refractivity contribution in [2.75, 3.05) is 0 Å². The first-order valence-electron chi connectivity index (χ1n) is 9.00. The molecule has 1 aliphatic rings. The molecule has 1 amide bonds. The van der Waals surface area contributed by atoms with Crippen LogP contribution in [0.2, 0.25) is 0 Å². The minimum Gasteiger partial charge on any atom is -0.427 e. The summed E-state index contributed by atoms with van der Waals surface area (Å²) in [6.45, 7) is 5.89. The summed E-state index contributed by atoms with van der Waals surface area (Å²) in [6, 6.07) is 0. The van der Waals surface area contributed by atoms with Gasteiger partial charge in [0, 0.05) is 11.5 Å².